The molecule has 0 radical (unpaired) electrons. The number of carbonyl (C=O) groups excluding carboxylic acids is 1. The Morgan fingerprint density at radius 2 is 1.45 bits per heavy atom. The molecule has 33 heavy (non-hydrogen) atoms. The van der Waals surface area contributed by atoms with E-state index in [9.17, 15) is 9.18 Å². The van der Waals surface area contributed by atoms with Gasteiger partial charge < -0.3 is 4.74 Å². The van der Waals surface area contributed by atoms with Gasteiger partial charge in [0.15, 0.2) is 5.82 Å². The molecule has 0 N–H and O–H groups in total. The molecule has 2 aromatic carbocycles. The maximum atomic E-state index is 14.7. The number of halogens is 1. The first-order valence-electron chi connectivity index (χ1n) is 12.0. The molecule has 0 unspecified atom stereocenters. The number of carbonyl (C=O) groups is 1. The smallest absolute Gasteiger partial charge is 0.343 e. The normalized spacial score (nSPS) is 10.9. The third-order valence-electron chi connectivity index (χ3n) is 5.67. The summed E-state index contributed by atoms with van der Waals surface area (Å²) in [7, 11) is 0. The summed E-state index contributed by atoms with van der Waals surface area (Å²) >= 11 is 0. The molecule has 5 heteroatoms. The van der Waals surface area contributed by atoms with E-state index >= 15 is 0 Å². The van der Waals surface area contributed by atoms with E-state index in [1.54, 1.807) is 36.7 Å². The highest BCUT2D eigenvalue weighted by molar-refractivity contribution is 5.91. The van der Waals surface area contributed by atoms with E-state index in [-0.39, 0.29) is 11.3 Å². The second-order valence-corrected chi connectivity index (χ2v) is 8.41. The minimum atomic E-state index is -0.526. The van der Waals surface area contributed by atoms with Crippen LogP contribution in [0.3, 0.4) is 0 Å². The van der Waals surface area contributed by atoms with Crippen LogP contribution >= 0.6 is 0 Å². The first-order valence-corrected chi connectivity index (χ1v) is 12.0. The van der Waals surface area contributed by atoms with Gasteiger partial charge in [0.1, 0.15) is 11.6 Å². The summed E-state index contributed by atoms with van der Waals surface area (Å²) in [5.74, 6) is -0.560. The number of aryl methyl sites for hydroxylation is 2. The van der Waals surface area contributed by atoms with Gasteiger partial charge in [0.2, 0.25) is 0 Å². The molecule has 0 amide bonds. The average molecular weight is 449 g/mol. The van der Waals surface area contributed by atoms with Gasteiger partial charge in [-0.3, -0.25) is 0 Å². The van der Waals surface area contributed by atoms with Crippen LogP contribution in [0.1, 0.15) is 80.3 Å². The Hall–Kier alpha value is -3.08. The minimum absolute atomic E-state index is 0.154. The summed E-state index contributed by atoms with van der Waals surface area (Å²) < 4.78 is 20.1. The van der Waals surface area contributed by atoms with Gasteiger partial charge in [-0.2, -0.15) is 0 Å². The molecule has 4 nitrogen and oxygen atoms in total. The van der Waals surface area contributed by atoms with Crippen LogP contribution in [-0.4, -0.2) is 15.9 Å². The van der Waals surface area contributed by atoms with Gasteiger partial charge in [-0.05, 0) is 61.1 Å². The molecular formula is C28H33FN2O2. The Balaban J connectivity index is 1.59. The molecular weight excluding hydrogens is 415 g/mol. The highest BCUT2D eigenvalue weighted by Crippen LogP contribution is 2.24. The summed E-state index contributed by atoms with van der Waals surface area (Å²) in [6.45, 7) is 4.36. The SMILES string of the molecule is CCCCCCc1cnc(-c2ccc(OC(=O)c3ccc(CCCCC)cc3)cc2F)nc1. The standard InChI is InChI=1S/C28H33FN2O2/c1-3-5-7-9-11-22-19-30-27(31-20-22)25-17-16-24(18-26(25)29)33-28(32)23-14-12-21(13-15-23)10-8-6-4-2/h12-20H,3-11H2,1-2H3. The molecule has 0 bridgehead atoms. The van der Waals surface area contributed by atoms with Gasteiger partial charge in [0.25, 0.3) is 0 Å². The maximum absolute atomic E-state index is 14.7. The van der Waals surface area contributed by atoms with E-state index in [0.717, 1.165) is 31.2 Å². The second kappa shape index (κ2) is 12.8. The Kier molecular flexibility index (Phi) is 9.55. The van der Waals surface area contributed by atoms with Crippen LogP contribution in [0.4, 0.5) is 4.39 Å². The number of unbranched alkanes of at least 4 members (excludes halogenated alkanes) is 5. The van der Waals surface area contributed by atoms with Gasteiger partial charge >= 0.3 is 5.97 Å². The van der Waals surface area contributed by atoms with Crippen molar-refractivity contribution in [2.75, 3.05) is 0 Å². The molecule has 0 fully saturated rings. The fraction of sp³-hybridized carbons (Fsp3) is 0.393. The zero-order chi connectivity index (χ0) is 23.5. The molecule has 1 heterocycles. The number of ether oxygens (including phenoxy) is 1. The molecule has 0 atom stereocenters. The van der Waals surface area contributed by atoms with E-state index in [2.05, 4.69) is 23.8 Å². The molecule has 174 valence electrons. The van der Waals surface area contributed by atoms with Crippen LogP contribution in [0, 0.1) is 5.82 Å². The third kappa shape index (κ3) is 7.48. The molecule has 3 aromatic rings. The predicted molar refractivity (Wildman–Crippen MR) is 130 cm³/mol. The lowest BCUT2D eigenvalue weighted by molar-refractivity contribution is 0.0734. The van der Waals surface area contributed by atoms with Crippen LogP contribution in [0.5, 0.6) is 5.75 Å². The van der Waals surface area contributed by atoms with Crippen molar-refractivity contribution < 1.29 is 13.9 Å². The van der Waals surface area contributed by atoms with E-state index in [0.29, 0.717) is 11.4 Å². The third-order valence-corrected chi connectivity index (χ3v) is 5.67. The van der Waals surface area contributed by atoms with Crippen molar-refractivity contribution in [3.05, 3.63) is 77.4 Å². The molecule has 0 saturated heterocycles. The molecule has 0 aliphatic heterocycles. The van der Waals surface area contributed by atoms with Crippen molar-refractivity contribution in [2.24, 2.45) is 0 Å². The highest BCUT2D eigenvalue weighted by Gasteiger charge is 2.13. The number of rotatable bonds is 12. The summed E-state index contributed by atoms with van der Waals surface area (Å²) in [4.78, 5) is 21.1. The predicted octanol–water partition coefficient (Wildman–Crippen LogP) is 7.36. The number of benzene rings is 2. The van der Waals surface area contributed by atoms with E-state index < -0.39 is 11.8 Å². The fourth-order valence-electron chi connectivity index (χ4n) is 3.67. The van der Waals surface area contributed by atoms with E-state index in [1.165, 1.54) is 43.7 Å². The highest BCUT2D eigenvalue weighted by atomic mass is 19.1. The lowest BCUT2D eigenvalue weighted by atomic mass is 10.1. The van der Waals surface area contributed by atoms with Crippen LogP contribution in [-0.2, 0) is 12.8 Å². The average Bonchev–Trinajstić information content (AvgIpc) is 2.83. The van der Waals surface area contributed by atoms with Crippen LogP contribution in [0.2, 0.25) is 0 Å². The van der Waals surface area contributed by atoms with Gasteiger partial charge in [-0.15, -0.1) is 0 Å². The van der Waals surface area contributed by atoms with Crippen LogP contribution in [0.25, 0.3) is 11.4 Å². The molecule has 3 rings (SSSR count). The lowest BCUT2D eigenvalue weighted by Crippen LogP contribution is -2.09. The molecule has 0 aliphatic rings. The monoisotopic (exact) mass is 448 g/mol. The Labute approximate surface area is 196 Å². The lowest BCUT2D eigenvalue weighted by Gasteiger charge is -2.08. The number of esters is 1. The Morgan fingerprint density at radius 1 is 0.818 bits per heavy atom. The topological polar surface area (TPSA) is 52.1 Å². The van der Waals surface area contributed by atoms with Crippen LogP contribution in [0.15, 0.2) is 54.9 Å². The number of aromatic nitrogens is 2. The van der Waals surface area contributed by atoms with Gasteiger partial charge in [0, 0.05) is 18.5 Å². The van der Waals surface area contributed by atoms with Crippen molar-refractivity contribution >= 4 is 5.97 Å². The van der Waals surface area contributed by atoms with E-state index in [1.807, 2.05) is 12.1 Å². The quantitative estimate of drug-likeness (QED) is 0.165. The van der Waals surface area contributed by atoms with Crippen molar-refractivity contribution in [1.82, 2.24) is 9.97 Å². The Bertz CT molecular complexity index is 1020. The van der Waals surface area contributed by atoms with Gasteiger partial charge in [0.05, 0.1) is 11.1 Å². The van der Waals surface area contributed by atoms with E-state index in [4.69, 9.17) is 4.74 Å². The second-order valence-electron chi connectivity index (χ2n) is 8.41. The summed E-state index contributed by atoms with van der Waals surface area (Å²) in [6, 6.07) is 11.7. The van der Waals surface area contributed by atoms with Crippen molar-refractivity contribution in [3.63, 3.8) is 0 Å². The van der Waals surface area contributed by atoms with Crippen LogP contribution < -0.4 is 4.74 Å². The molecule has 0 spiro atoms. The summed E-state index contributed by atoms with van der Waals surface area (Å²) in [5.41, 5.74) is 2.97. The maximum Gasteiger partial charge on any atom is 0.343 e. The van der Waals surface area contributed by atoms with Crippen molar-refractivity contribution in [2.45, 2.75) is 71.6 Å². The van der Waals surface area contributed by atoms with Gasteiger partial charge in [-0.25, -0.2) is 19.2 Å². The number of nitrogens with zero attached hydrogens (tertiary/aromatic N) is 2. The molecule has 1 aromatic heterocycles. The largest absolute Gasteiger partial charge is 0.423 e. The minimum Gasteiger partial charge on any atom is -0.423 e. The molecule has 0 saturated carbocycles. The fourth-order valence-corrected chi connectivity index (χ4v) is 3.67. The first-order chi connectivity index (χ1) is 16.1. The summed E-state index contributed by atoms with van der Waals surface area (Å²) in [6.07, 6.45) is 13.7. The zero-order valence-corrected chi connectivity index (χ0v) is 19.6. The van der Waals surface area contributed by atoms with Crippen molar-refractivity contribution in [1.29, 1.82) is 0 Å². The number of hydrogen-bond donors (Lipinski definition) is 0. The summed E-state index contributed by atoms with van der Waals surface area (Å²) in [5, 5.41) is 0. The Morgan fingerprint density at radius 3 is 2.12 bits per heavy atom. The van der Waals surface area contributed by atoms with Crippen molar-refractivity contribution in [3.8, 4) is 17.1 Å². The number of hydrogen-bond acceptors (Lipinski definition) is 4. The zero-order valence-electron chi connectivity index (χ0n) is 19.6. The first kappa shape index (κ1) is 24.6. The molecule has 0 aliphatic carbocycles. The van der Waals surface area contributed by atoms with Gasteiger partial charge in [-0.1, -0.05) is 58.1 Å².